The zero-order chi connectivity index (χ0) is 23.8. The van der Waals surface area contributed by atoms with E-state index < -0.39 is 0 Å². The summed E-state index contributed by atoms with van der Waals surface area (Å²) in [5.41, 5.74) is 3.98. The van der Waals surface area contributed by atoms with Crippen LogP contribution in [0.2, 0.25) is 0 Å². The molecule has 0 bridgehead atoms. The lowest BCUT2D eigenvalue weighted by atomic mass is 9.99. The predicted octanol–water partition coefficient (Wildman–Crippen LogP) is 4.94. The minimum atomic E-state index is -0.125. The topological polar surface area (TPSA) is 71.3 Å². The molecule has 0 spiro atoms. The Morgan fingerprint density at radius 1 is 0.794 bits per heavy atom. The summed E-state index contributed by atoms with van der Waals surface area (Å²) in [4.78, 5) is 18.9. The van der Waals surface area contributed by atoms with Gasteiger partial charge in [0.25, 0.3) is 0 Å². The third-order valence-corrected chi connectivity index (χ3v) is 6.21. The Morgan fingerprint density at radius 2 is 1.38 bits per heavy atom. The summed E-state index contributed by atoms with van der Waals surface area (Å²) < 4.78 is 23.6. The van der Waals surface area contributed by atoms with E-state index in [2.05, 4.69) is 0 Å². The van der Waals surface area contributed by atoms with Gasteiger partial charge in [0.05, 0.1) is 34.0 Å². The van der Waals surface area contributed by atoms with Crippen LogP contribution >= 0.6 is 0 Å². The SMILES string of the molecule is COc1ccc(-c2cn3ccc(C4CC4)nc3c(-c3ccc(OC)c(OC)c3)c2=O)cc1OC. The van der Waals surface area contributed by atoms with Gasteiger partial charge in [-0.1, -0.05) is 12.1 Å². The van der Waals surface area contributed by atoms with Crippen LogP contribution < -0.4 is 24.4 Å². The van der Waals surface area contributed by atoms with E-state index in [4.69, 9.17) is 23.9 Å². The van der Waals surface area contributed by atoms with Crippen molar-refractivity contribution in [3.05, 3.63) is 70.8 Å². The Bertz CT molecular complexity index is 1440. The zero-order valence-electron chi connectivity index (χ0n) is 19.6. The molecule has 0 aliphatic heterocycles. The number of methoxy groups -OCH3 is 4. The van der Waals surface area contributed by atoms with Crippen molar-refractivity contribution in [2.24, 2.45) is 0 Å². The van der Waals surface area contributed by atoms with E-state index in [1.165, 1.54) is 0 Å². The first kappa shape index (κ1) is 21.8. The number of nitrogens with zero attached hydrogens (tertiary/aromatic N) is 2. The van der Waals surface area contributed by atoms with Crippen molar-refractivity contribution in [1.82, 2.24) is 9.38 Å². The second-order valence-electron chi connectivity index (χ2n) is 8.24. The summed E-state index contributed by atoms with van der Waals surface area (Å²) in [6.07, 6.45) is 6.06. The molecule has 1 saturated carbocycles. The van der Waals surface area contributed by atoms with Gasteiger partial charge in [0, 0.05) is 29.6 Å². The van der Waals surface area contributed by atoms with Gasteiger partial charge < -0.3 is 23.3 Å². The second kappa shape index (κ2) is 8.74. The van der Waals surface area contributed by atoms with Gasteiger partial charge >= 0.3 is 0 Å². The number of pyridine rings is 1. The number of rotatable bonds is 7. The van der Waals surface area contributed by atoms with Crippen LogP contribution in [0.25, 0.3) is 27.9 Å². The molecule has 174 valence electrons. The lowest BCUT2D eigenvalue weighted by Gasteiger charge is -2.15. The van der Waals surface area contributed by atoms with Crippen LogP contribution in [0.1, 0.15) is 24.5 Å². The highest BCUT2D eigenvalue weighted by molar-refractivity contribution is 5.83. The Labute approximate surface area is 197 Å². The molecule has 0 unspecified atom stereocenters. The lowest BCUT2D eigenvalue weighted by molar-refractivity contribution is 0.355. The average molecular weight is 459 g/mol. The minimum absolute atomic E-state index is 0.125. The third kappa shape index (κ3) is 3.73. The Morgan fingerprint density at radius 3 is 1.97 bits per heavy atom. The van der Waals surface area contributed by atoms with Crippen molar-refractivity contribution in [2.75, 3.05) is 28.4 Å². The van der Waals surface area contributed by atoms with Crippen molar-refractivity contribution in [3.8, 4) is 45.3 Å². The van der Waals surface area contributed by atoms with Crippen molar-refractivity contribution >= 4 is 5.65 Å². The highest BCUT2D eigenvalue weighted by Crippen LogP contribution is 2.40. The molecule has 0 saturated heterocycles. The van der Waals surface area contributed by atoms with E-state index in [0.29, 0.717) is 51.3 Å². The van der Waals surface area contributed by atoms with Crippen LogP contribution in [-0.2, 0) is 0 Å². The van der Waals surface area contributed by atoms with Gasteiger partial charge in [-0.25, -0.2) is 4.98 Å². The monoisotopic (exact) mass is 458 g/mol. The molecule has 1 aliphatic carbocycles. The summed E-state index contributed by atoms with van der Waals surface area (Å²) in [6.45, 7) is 0. The van der Waals surface area contributed by atoms with Crippen LogP contribution in [0.3, 0.4) is 0 Å². The normalized spacial score (nSPS) is 13.1. The molecule has 0 N–H and O–H groups in total. The summed E-state index contributed by atoms with van der Waals surface area (Å²) in [5, 5.41) is 0. The lowest BCUT2D eigenvalue weighted by Crippen LogP contribution is -2.13. The predicted molar refractivity (Wildman–Crippen MR) is 131 cm³/mol. The number of benzene rings is 2. The molecule has 0 amide bonds. The van der Waals surface area contributed by atoms with Crippen LogP contribution in [0.5, 0.6) is 23.0 Å². The van der Waals surface area contributed by atoms with E-state index in [1.807, 2.05) is 47.1 Å². The number of aromatic nitrogens is 2. The highest BCUT2D eigenvalue weighted by Gasteiger charge is 2.26. The van der Waals surface area contributed by atoms with Crippen molar-refractivity contribution in [2.45, 2.75) is 18.8 Å². The summed E-state index contributed by atoms with van der Waals surface area (Å²) in [7, 11) is 6.33. The number of fused-ring (bicyclic) bond motifs is 1. The Kier molecular flexibility index (Phi) is 5.61. The minimum Gasteiger partial charge on any atom is -0.493 e. The molecule has 4 aromatic rings. The maximum absolute atomic E-state index is 14.0. The molecule has 0 radical (unpaired) electrons. The molecule has 7 heteroatoms. The first-order valence-electron chi connectivity index (χ1n) is 11.1. The zero-order valence-corrected chi connectivity index (χ0v) is 19.6. The molecule has 2 aromatic carbocycles. The van der Waals surface area contributed by atoms with E-state index in [0.717, 1.165) is 24.1 Å². The van der Waals surface area contributed by atoms with Crippen LogP contribution in [-0.4, -0.2) is 37.8 Å². The maximum atomic E-state index is 14.0. The standard InChI is InChI=1S/C27H26N2O5/c1-31-21-9-7-17(13-23(21)33-3)19-15-29-12-11-20(16-5-6-16)28-27(29)25(26(19)30)18-8-10-22(32-2)24(14-18)34-4/h7-16H,5-6H2,1-4H3. The molecule has 0 atom stereocenters. The van der Waals surface area contributed by atoms with E-state index in [-0.39, 0.29) is 5.43 Å². The Balaban J connectivity index is 1.79. The van der Waals surface area contributed by atoms with Gasteiger partial charge in [-0.2, -0.15) is 0 Å². The molecular formula is C27H26N2O5. The van der Waals surface area contributed by atoms with Gasteiger partial charge in [-0.3, -0.25) is 4.79 Å². The van der Waals surface area contributed by atoms with Crippen molar-refractivity contribution in [1.29, 1.82) is 0 Å². The van der Waals surface area contributed by atoms with Crippen molar-refractivity contribution in [3.63, 3.8) is 0 Å². The fourth-order valence-corrected chi connectivity index (χ4v) is 4.24. The number of hydrogen-bond donors (Lipinski definition) is 0. The van der Waals surface area contributed by atoms with Crippen LogP contribution in [0.15, 0.2) is 59.7 Å². The quantitative estimate of drug-likeness (QED) is 0.391. The van der Waals surface area contributed by atoms with Gasteiger partial charge in [-0.05, 0) is 54.3 Å². The summed E-state index contributed by atoms with van der Waals surface area (Å²) in [6, 6.07) is 13.0. The van der Waals surface area contributed by atoms with Crippen molar-refractivity contribution < 1.29 is 18.9 Å². The van der Waals surface area contributed by atoms with Gasteiger partial charge in [0.2, 0.25) is 0 Å². The number of ether oxygens (including phenoxy) is 4. The molecule has 2 aromatic heterocycles. The largest absolute Gasteiger partial charge is 0.493 e. The fourth-order valence-electron chi connectivity index (χ4n) is 4.24. The molecular weight excluding hydrogens is 432 g/mol. The molecule has 5 rings (SSSR count). The second-order valence-corrected chi connectivity index (χ2v) is 8.24. The summed E-state index contributed by atoms with van der Waals surface area (Å²) in [5.74, 6) is 2.76. The molecule has 34 heavy (non-hydrogen) atoms. The van der Waals surface area contributed by atoms with Gasteiger partial charge in [0.15, 0.2) is 28.4 Å². The highest BCUT2D eigenvalue weighted by atomic mass is 16.5. The first-order chi connectivity index (χ1) is 16.6. The van der Waals surface area contributed by atoms with Gasteiger partial charge in [-0.15, -0.1) is 0 Å². The molecule has 1 aliphatic rings. The maximum Gasteiger partial charge on any atom is 0.199 e. The summed E-state index contributed by atoms with van der Waals surface area (Å²) >= 11 is 0. The van der Waals surface area contributed by atoms with E-state index >= 15 is 0 Å². The van der Waals surface area contributed by atoms with Gasteiger partial charge in [0.1, 0.15) is 5.65 Å². The molecule has 1 fully saturated rings. The molecule has 2 heterocycles. The van der Waals surface area contributed by atoms with E-state index in [9.17, 15) is 4.79 Å². The Hall–Kier alpha value is -4.00. The smallest absolute Gasteiger partial charge is 0.199 e. The molecule has 7 nitrogen and oxygen atoms in total. The first-order valence-corrected chi connectivity index (χ1v) is 11.1. The van der Waals surface area contributed by atoms with Crippen LogP contribution in [0.4, 0.5) is 0 Å². The average Bonchev–Trinajstić information content (AvgIpc) is 3.73. The van der Waals surface area contributed by atoms with Crippen LogP contribution in [0, 0.1) is 0 Å². The van der Waals surface area contributed by atoms with E-state index in [1.54, 1.807) is 40.6 Å². The third-order valence-electron chi connectivity index (χ3n) is 6.21. The fraction of sp³-hybridized carbons (Fsp3) is 0.259. The number of hydrogen-bond acceptors (Lipinski definition) is 6.